The Balaban J connectivity index is 1.57. The molecule has 6 atom stereocenters. The molecule has 1 saturated heterocycles. The van der Waals surface area contributed by atoms with E-state index in [1.807, 2.05) is 0 Å². The maximum Gasteiger partial charge on any atom is 0.274 e. The van der Waals surface area contributed by atoms with Crippen LogP contribution < -0.4 is 0 Å². The highest BCUT2D eigenvalue weighted by Crippen LogP contribution is 2.60. The van der Waals surface area contributed by atoms with Gasteiger partial charge in [0.15, 0.2) is 0 Å². The van der Waals surface area contributed by atoms with Crippen molar-refractivity contribution in [2.75, 3.05) is 0 Å². The third-order valence-electron chi connectivity index (χ3n) is 7.25. The first-order valence-electron chi connectivity index (χ1n) is 11.1. The maximum absolute atomic E-state index is 13.7. The fraction of sp³-hybridized carbons (Fsp3) is 0.348. The number of hydrogen-bond acceptors (Lipinski definition) is 7. The number of imide groups is 1. The summed E-state index contributed by atoms with van der Waals surface area (Å²) in [6, 6.07) is 10.6. The summed E-state index contributed by atoms with van der Waals surface area (Å²) in [5.74, 6) is -3.38. The summed E-state index contributed by atoms with van der Waals surface area (Å²) in [6.45, 7) is -0.444. The van der Waals surface area contributed by atoms with Crippen LogP contribution in [0.4, 0.5) is 11.4 Å². The number of nitro groups is 2. The van der Waals surface area contributed by atoms with E-state index in [1.54, 1.807) is 6.07 Å². The molecule has 13 heteroatoms. The Morgan fingerprint density at radius 3 is 2.14 bits per heavy atom. The van der Waals surface area contributed by atoms with Gasteiger partial charge in [0.05, 0.1) is 33.8 Å². The molecule has 5 rings (SSSR count). The molecule has 36 heavy (non-hydrogen) atoms. The van der Waals surface area contributed by atoms with Gasteiger partial charge in [-0.1, -0.05) is 56.1 Å². The van der Waals surface area contributed by atoms with E-state index in [-0.39, 0.29) is 44.0 Å². The molecule has 2 bridgehead atoms. The van der Waals surface area contributed by atoms with Gasteiger partial charge < -0.3 is 0 Å². The quantitative estimate of drug-likeness (QED) is 0.206. The molecule has 0 N–H and O–H groups in total. The van der Waals surface area contributed by atoms with Gasteiger partial charge in [-0.2, -0.15) is 5.01 Å². The maximum atomic E-state index is 13.7. The minimum Gasteiger partial charge on any atom is -0.272 e. The van der Waals surface area contributed by atoms with Crippen molar-refractivity contribution in [3.63, 3.8) is 0 Å². The van der Waals surface area contributed by atoms with Gasteiger partial charge in [-0.3, -0.25) is 34.6 Å². The second kappa shape index (κ2) is 9.04. The number of rotatable bonds is 6. The van der Waals surface area contributed by atoms with E-state index in [0.717, 1.165) is 16.1 Å². The van der Waals surface area contributed by atoms with Crippen molar-refractivity contribution in [3.05, 3.63) is 79.9 Å². The number of fused-ring (bicyclic) bond motifs is 5. The van der Waals surface area contributed by atoms with E-state index >= 15 is 0 Å². The second-order valence-corrected chi connectivity index (χ2v) is 11.2. The molecule has 1 heterocycles. The van der Waals surface area contributed by atoms with Crippen molar-refractivity contribution in [1.82, 2.24) is 10.0 Å². The van der Waals surface area contributed by atoms with Crippen LogP contribution >= 0.6 is 31.9 Å². The molecule has 3 aliphatic rings. The highest BCUT2D eigenvalue weighted by molar-refractivity contribution is 9.12. The number of carbonyl (C=O) groups is 3. The molecule has 0 unspecified atom stereocenters. The summed E-state index contributed by atoms with van der Waals surface area (Å²) in [6.07, 6.45) is 0.690. The predicted molar refractivity (Wildman–Crippen MR) is 132 cm³/mol. The van der Waals surface area contributed by atoms with Crippen LogP contribution in [0.5, 0.6) is 0 Å². The average molecular weight is 622 g/mol. The number of nitrogens with zero attached hydrogens (tertiary/aromatic N) is 4. The first-order chi connectivity index (χ1) is 17.1. The normalized spacial score (nSPS) is 28.3. The van der Waals surface area contributed by atoms with Crippen LogP contribution in [0.25, 0.3) is 0 Å². The minimum absolute atomic E-state index is 0.0171. The molecule has 0 aromatic heterocycles. The summed E-state index contributed by atoms with van der Waals surface area (Å²) in [5, 5.41) is 24.6. The molecular weight excluding hydrogens is 604 g/mol. The van der Waals surface area contributed by atoms with Crippen LogP contribution in [0.1, 0.15) is 22.3 Å². The number of amides is 3. The Labute approximate surface area is 221 Å². The molecule has 0 spiro atoms. The zero-order valence-corrected chi connectivity index (χ0v) is 21.6. The van der Waals surface area contributed by atoms with Gasteiger partial charge in [-0.05, 0) is 24.3 Å². The lowest BCUT2D eigenvalue weighted by Crippen LogP contribution is -2.50. The van der Waals surface area contributed by atoms with Gasteiger partial charge in [-0.25, -0.2) is 5.01 Å². The molecule has 3 amide bonds. The highest BCUT2D eigenvalue weighted by Gasteiger charge is 2.67. The van der Waals surface area contributed by atoms with Crippen molar-refractivity contribution in [1.29, 1.82) is 0 Å². The molecule has 0 radical (unpaired) electrons. The van der Waals surface area contributed by atoms with Gasteiger partial charge >= 0.3 is 0 Å². The van der Waals surface area contributed by atoms with Crippen LogP contribution in [0.15, 0.2) is 48.5 Å². The molecule has 3 fully saturated rings. The average Bonchev–Trinajstić information content (AvgIpc) is 3.47. The van der Waals surface area contributed by atoms with E-state index in [4.69, 9.17) is 0 Å². The zero-order chi connectivity index (χ0) is 25.9. The monoisotopic (exact) mass is 620 g/mol. The second-order valence-electron chi connectivity index (χ2n) is 9.05. The third kappa shape index (κ3) is 3.72. The smallest absolute Gasteiger partial charge is 0.272 e. The van der Waals surface area contributed by atoms with Crippen molar-refractivity contribution < 1.29 is 24.2 Å². The summed E-state index contributed by atoms with van der Waals surface area (Å²) >= 11 is 7.24. The number of hydrazine groups is 1. The molecular formula is C23H18Br2N4O7. The Hall–Kier alpha value is -3.19. The number of halogens is 2. The summed E-state index contributed by atoms with van der Waals surface area (Å²) < 4.78 is 0. The molecule has 2 aromatic rings. The fourth-order valence-corrected chi connectivity index (χ4v) is 7.56. The first-order valence-corrected chi connectivity index (χ1v) is 12.9. The van der Waals surface area contributed by atoms with E-state index in [9.17, 15) is 34.6 Å². The highest BCUT2D eigenvalue weighted by atomic mass is 79.9. The fourth-order valence-electron chi connectivity index (χ4n) is 5.69. The predicted octanol–water partition coefficient (Wildman–Crippen LogP) is 3.84. The lowest BCUT2D eigenvalue weighted by molar-refractivity contribution is -0.385. The van der Waals surface area contributed by atoms with Gasteiger partial charge in [0.2, 0.25) is 0 Å². The summed E-state index contributed by atoms with van der Waals surface area (Å²) in [4.78, 5) is 62.5. The van der Waals surface area contributed by atoms with Crippen LogP contribution in [-0.4, -0.2) is 47.2 Å². The van der Waals surface area contributed by atoms with Gasteiger partial charge in [0.25, 0.3) is 29.1 Å². The van der Waals surface area contributed by atoms with Crippen LogP contribution in [0.3, 0.4) is 0 Å². The Kier molecular flexibility index (Phi) is 6.15. The molecule has 1 aliphatic heterocycles. The van der Waals surface area contributed by atoms with Gasteiger partial charge in [0.1, 0.15) is 0 Å². The molecule has 2 aromatic carbocycles. The number of benzene rings is 2. The van der Waals surface area contributed by atoms with E-state index in [1.165, 1.54) is 36.4 Å². The number of para-hydroxylation sites is 1. The lowest BCUT2D eigenvalue weighted by atomic mass is 9.81. The number of hydrogen-bond donors (Lipinski definition) is 0. The van der Waals surface area contributed by atoms with Crippen molar-refractivity contribution in [2.24, 2.45) is 23.7 Å². The largest absolute Gasteiger partial charge is 0.274 e. The molecule has 2 saturated carbocycles. The SMILES string of the molecule is O=C(c1cccc([N+](=O)[O-])c1)N(Cc1ccccc1[N+](=O)[O-])N1C(=O)[C@@H]2[C@H]3C[C@@H]([C@H](Br)[C@H]3Br)[C@@H]2C1=O. The summed E-state index contributed by atoms with van der Waals surface area (Å²) in [7, 11) is 0. The molecule has 2 aliphatic carbocycles. The summed E-state index contributed by atoms with van der Waals surface area (Å²) in [5.41, 5.74) is -0.640. The molecule has 11 nitrogen and oxygen atoms in total. The standard InChI is InChI=1S/C23H18Br2N4O7/c24-19-14-9-15(20(19)25)18-17(14)22(31)27(23(18)32)26(10-12-4-1-2-7-16(12)29(35)36)21(30)11-5-3-6-13(8-11)28(33)34/h1-8,14-15,17-20H,9-10H2/t14-,15-,17-,18+,19+,20+/m1/s1. The zero-order valence-electron chi connectivity index (χ0n) is 18.4. The van der Waals surface area contributed by atoms with Crippen LogP contribution in [0.2, 0.25) is 0 Å². The van der Waals surface area contributed by atoms with Crippen LogP contribution in [-0.2, 0) is 16.1 Å². The van der Waals surface area contributed by atoms with E-state index in [0.29, 0.717) is 6.42 Å². The Morgan fingerprint density at radius 1 is 0.944 bits per heavy atom. The molecule has 186 valence electrons. The Morgan fingerprint density at radius 2 is 1.56 bits per heavy atom. The van der Waals surface area contributed by atoms with E-state index < -0.39 is 45.9 Å². The number of carbonyl (C=O) groups excluding carboxylic acids is 3. The van der Waals surface area contributed by atoms with Crippen LogP contribution in [0, 0.1) is 43.9 Å². The van der Waals surface area contributed by atoms with Crippen molar-refractivity contribution in [3.8, 4) is 0 Å². The van der Waals surface area contributed by atoms with Crippen molar-refractivity contribution in [2.45, 2.75) is 22.6 Å². The Bertz CT molecular complexity index is 1290. The number of alkyl halides is 2. The minimum atomic E-state index is -0.850. The topological polar surface area (TPSA) is 144 Å². The third-order valence-corrected chi connectivity index (χ3v) is 10.5. The van der Waals surface area contributed by atoms with Gasteiger partial charge in [0, 0.05) is 33.4 Å². The number of nitro benzene ring substituents is 2. The van der Waals surface area contributed by atoms with E-state index in [2.05, 4.69) is 31.9 Å². The van der Waals surface area contributed by atoms with Crippen molar-refractivity contribution >= 4 is 61.0 Å². The van der Waals surface area contributed by atoms with Gasteiger partial charge in [-0.15, -0.1) is 0 Å². The number of non-ortho nitro benzene ring substituents is 1. The lowest BCUT2D eigenvalue weighted by Gasteiger charge is -2.31. The first kappa shape index (κ1) is 24.5.